The van der Waals surface area contributed by atoms with E-state index in [0.29, 0.717) is 33.6 Å². The summed E-state index contributed by atoms with van der Waals surface area (Å²) in [7, 11) is 0. The monoisotopic (exact) mass is 767 g/mol. The van der Waals surface area contributed by atoms with Gasteiger partial charge in [0.1, 0.15) is 11.6 Å². The maximum absolute atomic E-state index is 11.5. The molecule has 5 nitrogen and oxygen atoms in total. The lowest BCUT2D eigenvalue weighted by molar-refractivity contribution is 1.12. The maximum atomic E-state index is 11.5. The topological polar surface area (TPSA) is 81.2 Å². The van der Waals surface area contributed by atoms with Gasteiger partial charge in [0, 0.05) is 21.5 Å². The highest BCUT2D eigenvalue weighted by atomic mass is 15.0. The van der Waals surface area contributed by atoms with E-state index in [2.05, 4.69) is 164 Å². The van der Waals surface area contributed by atoms with Gasteiger partial charge in [0.15, 0.2) is 0 Å². The normalized spacial score (nSPS) is 11.3. The van der Waals surface area contributed by atoms with Crippen LogP contribution in [0.2, 0.25) is 0 Å². The Morgan fingerprint density at radius 1 is 0.367 bits per heavy atom. The van der Waals surface area contributed by atoms with Crippen molar-refractivity contribution >= 4 is 43.6 Å². The summed E-state index contributed by atoms with van der Waals surface area (Å²) in [5.41, 5.74) is 17.3. The third-order valence-electron chi connectivity index (χ3n) is 11.9. The number of para-hydroxylation sites is 2. The summed E-state index contributed by atoms with van der Waals surface area (Å²) in [5, 5.41) is 36.0. The van der Waals surface area contributed by atoms with Crippen molar-refractivity contribution in [1.82, 2.24) is 9.13 Å². The number of aryl methyl sites for hydroxylation is 4. The molecule has 0 bridgehead atoms. The third-order valence-corrected chi connectivity index (χ3v) is 11.9. The Kier molecular flexibility index (Phi) is 8.47. The Bertz CT molecular complexity index is 3350. The maximum Gasteiger partial charge on any atom is 0.104 e. The number of rotatable bonds is 5. The molecule has 0 fully saturated rings. The molecular formula is C55H37N5. The minimum absolute atomic E-state index is 0.390. The fraction of sp³-hybridized carbons (Fsp3) is 0.0727. The molecule has 2 heterocycles. The lowest BCUT2D eigenvalue weighted by atomic mass is 9.96. The zero-order valence-electron chi connectivity index (χ0n) is 33.7. The van der Waals surface area contributed by atoms with Gasteiger partial charge in [-0.1, -0.05) is 108 Å². The van der Waals surface area contributed by atoms with Crippen molar-refractivity contribution < 1.29 is 0 Å². The molecule has 60 heavy (non-hydrogen) atoms. The molecule has 0 atom stereocenters. The minimum atomic E-state index is 0.390. The molecule has 0 saturated heterocycles. The van der Waals surface area contributed by atoms with Crippen LogP contribution in [0.1, 0.15) is 38.9 Å². The highest BCUT2D eigenvalue weighted by Gasteiger charge is 2.23. The molecule has 10 rings (SSSR count). The van der Waals surface area contributed by atoms with E-state index in [1.807, 2.05) is 36.4 Å². The number of hydrogen-bond acceptors (Lipinski definition) is 3. The molecule has 0 N–H and O–H groups in total. The summed E-state index contributed by atoms with van der Waals surface area (Å²) in [6, 6.07) is 59.6. The average molecular weight is 768 g/mol. The minimum Gasteiger partial charge on any atom is -0.308 e. The lowest BCUT2D eigenvalue weighted by Crippen LogP contribution is -2.05. The lowest BCUT2D eigenvalue weighted by Gasteiger charge is -2.19. The predicted molar refractivity (Wildman–Crippen MR) is 245 cm³/mol. The summed E-state index contributed by atoms with van der Waals surface area (Å²) in [4.78, 5) is 0. The predicted octanol–water partition coefficient (Wildman–Crippen LogP) is 13.7. The highest BCUT2D eigenvalue weighted by molar-refractivity contribution is 6.12. The van der Waals surface area contributed by atoms with Crippen molar-refractivity contribution in [2.45, 2.75) is 27.7 Å². The molecule has 10 aromatic rings. The van der Waals surface area contributed by atoms with Crippen LogP contribution < -0.4 is 0 Å². The first-order valence-electron chi connectivity index (χ1n) is 20.0. The summed E-state index contributed by atoms with van der Waals surface area (Å²) >= 11 is 0. The Labute approximate surface area is 348 Å². The number of benzene rings is 8. The molecule has 0 unspecified atom stereocenters. The van der Waals surface area contributed by atoms with Gasteiger partial charge >= 0.3 is 0 Å². The van der Waals surface area contributed by atoms with Gasteiger partial charge in [-0.05, 0) is 127 Å². The van der Waals surface area contributed by atoms with Crippen LogP contribution in [-0.4, -0.2) is 9.13 Å². The van der Waals surface area contributed by atoms with Crippen LogP contribution in [0.15, 0.2) is 152 Å². The van der Waals surface area contributed by atoms with Crippen LogP contribution in [-0.2, 0) is 0 Å². The first kappa shape index (κ1) is 36.2. The average Bonchev–Trinajstić information content (AvgIpc) is 3.77. The van der Waals surface area contributed by atoms with Crippen molar-refractivity contribution in [1.29, 1.82) is 15.8 Å². The molecule has 0 radical (unpaired) electrons. The van der Waals surface area contributed by atoms with Crippen LogP contribution in [0.25, 0.3) is 88.4 Å². The van der Waals surface area contributed by atoms with Gasteiger partial charge < -0.3 is 9.13 Å². The van der Waals surface area contributed by atoms with E-state index in [0.717, 1.165) is 71.4 Å². The Morgan fingerprint density at radius 3 is 1.23 bits per heavy atom. The molecule has 0 amide bonds. The Morgan fingerprint density at radius 2 is 0.800 bits per heavy atom. The third kappa shape index (κ3) is 5.74. The largest absolute Gasteiger partial charge is 0.308 e. The first-order chi connectivity index (χ1) is 29.2. The quantitative estimate of drug-likeness (QED) is 0.175. The zero-order valence-corrected chi connectivity index (χ0v) is 33.7. The van der Waals surface area contributed by atoms with Crippen molar-refractivity contribution in [3.63, 3.8) is 0 Å². The van der Waals surface area contributed by atoms with E-state index in [9.17, 15) is 15.8 Å². The van der Waals surface area contributed by atoms with Crippen LogP contribution >= 0.6 is 0 Å². The number of nitrogens with zero attached hydrogens (tertiary/aromatic N) is 5. The van der Waals surface area contributed by atoms with E-state index in [1.165, 1.54) is 22.3 Å². The summed E-state index contributed by atoms with van der Waals surface area (Å²) in [6.45, 7) is 8.51. The molecule has 0 spiro atoms. The standard InChI is InChI=1S/C55H37N5/c1-33-13-17-43(35(3)21-33)39-15-19-47-45-9-5-7-11-50(45)59(52(47)26-39)54-28-42(41-24-37(30-56)23-38(25-41)31-57)29-55(49(54)32-58)60-51-12-8-6-10-46(51)48-20-16-40(27-53(48)60)44-18-14-34(2)22-36(44)4/h5-29H,1-4H3. The van der Waals surface area contributed by atoms with Gasteiger partial charge in [0.05, 0.1) is 56.7 Å². The van der Waals surface area contributed by atoms with Gasteiger partial charge in [-0.25, -0.2) is 0 Å². The van der Waals surface area contributed by atoms with E-state index in [-0.39, 0.29) is 0 Å². The SMILES string of the molecule is Cc1ccc(-c2ccc3c4ccccc4n(-c4cc(-c5cc(C#N)cc(C#N)c5)cc(-n5c6ccccc6c6ccc(-c7ccc(C)cc7C)cc65)c4C#N)c3c2)c(C)c1. The Balaban J connectivity index is 1.35. The molecule has 0 aliphatic rings. The van der Waals surface area contributed by atoms with Gasteiger partial charge in [-0.15, -0.1) is 0 Å². The van der Waals surface area contributed by atoms with E-state index < -0.39 is 0 Å². The molecule has 0 aliphatic carbocycles. The smallest absolute Gasteiger partial charge is 0.104 e. The number of fused-ring (bicyclic) bond motifs is 6. The van der Waals surface area contributed by atoms with Crippen LogP contribution in [0.4, 0.5) is 0 Å². The number of hydrogen-bond donors (Lipinski definition) is 0. The molecule has 0 aliphatic heterocycles. The second-order valence-electron chi connectivity index (χ2n) is 15.8. The molecular weight excluding hydrogens is 731 g/mol. The van der Waals surface area contributed by atoms with Crippen LogP contribution in [0.5, 0.6) is 0 Å². The van der Waals surface area contributed by atoms with Gasteiger partial charge in [-0.2, -0.15) is 15.8 Å². The van der Waals surface area contributed by atoms with Crippen LogP contribution in [0, 0.1) is 61.7 Å². The fourth-order valence-electron chi connectivity index (χ4n) is 9.24. The second kappa shape index (κ2) is 14.0. The Hall–Kier alpha value is -8.17. The first-order valence-corrected chi connectivity index (χ1v) is 20.0. The van der Waals surface area contributed by atoms with Crippen molar-refractivity contribution in [2.75, 3.05) is 0 Å². The highest BCUT2D eigenvalue weighted by Crippen LogP contribution is 2.42. The fourth-order valence-corrected chi connectivity index (χ4v) is 9.24. The van der Waals surface area contributed by atoms with Gasteiger partial charge in [0.25, 0.3) is 0 Å². The molecule has 282 valence electrons. The number of nitriles is 3. The molecule has 5 heteroatoms. The van der Waals surface area contributed by atoms with Crippen molar-refractivity contribution in [3.8, 4) is 63.0 Å². The van der Waals surface area contributed by atoms with Gasteiger partial charge in [0.2, 0.25) is 0 Å². The van der Waals surface area contributed by atoms with E-state index >= 15 is 0 Å². The molecule has 2 aromatic heterocycles. The summed E-state index contributed by atoms with van der Waals surface area (Å²) < 4.78 is 4.44. The summed E-state index contributed by atoms with van der Waals surface area (Å²) in [5.74, 6) is 0. The van der Waals surface area contributed by atoms with Crippen LogP contribution in [0.3, 0.4) is 0 Å². The van der Waals surface area contributed by atoms with E-state index in [4.69, 9.17) is 0 Å². The number of aromatic nitrogens is 2. The van der Waals surface area contributed by atoms with E-state index in [1.54, 1.807) is 6.07 Å². The van der Waals surface area contributed by atoms with Gasteiger partial charge in [-0.3, -0.25) is 0 Å². The molecule has 8 aromatic carbocycles. The molecule has 0 saturated carbocycles. The zero-order chi connectivity index (χ0) is 41.2. The summed E-state index contributed by atoms with van der Waals surface area (Å²) in [6.07, 6.45) is 0. The van der Waals surface area contributed by atoms with Crippen molar-refractivity contribution in [3.05, 3.63) is 191 Å². The second-order valence-corrected chi connectivity index (χ2v) is 15.8. The van der Waals surface area contributed by atoms with Crippen molar-refractivity contribution in [2.24, 2.45) is 0 Å².